The minimum Gasteiger partial charge on any atom is -0.480 e. The van der Waals surface area contributed by atoms with Crippen molar-refractivity contribution >= 4 is 41.0 Å². The SMILES string of the molecule is CC(C)(Sc1nc(CCN(CC=Cc2ccccc2)c2ccccn2)cs1)C(=O)O. The lowest BCUT2D eigenvalue weighted by Gasteiger charge is -2.21. The maximum Gasteiger partial charge on any atom is 0.319 e. The number of rotatable bonds is 10. The van der Waals surface area contributed by atoms with Gasteiger partial charge in [-0.1, -0.05) is 60.3 Å². The molecule has 0 aliphatic heterocycles. The predicted molar refractivity (Wildman–Crippen MR) is 125 cm³/mol. The Balaban J connectivity index is 1.64. The zero-order valence-corrected chi connectivity index (χ0v) is 18.7. The largest absolute Gasteiger partial charge is 0.480 e. The average molecular weight is 440 g/mol. The highest BCUT2D eigenvalue weighted by Gasteiger charge is 2.29. The summed E-state index contributed by atoms with van der Waals surface area (Å²) in [7, 11) is 0. The van der Waals surface area contributed by atoms with E-state index in [9.17, 15) is 9.90 Å². The second-order valence-corrected chi connectivity index (χ2v) is 9.95. The lowest BCUT2D eigenvalue weighted by atomic mass is 10.2. The zero-order valence-electron chi connectivity index (χ0n) is 17.1. The standard InChI is InChI=1S/C23H25N3O2S2/c1-23(2,21(27)28)30-22-25-19(17-29-22)13-16-26(20-12-6-7-14-24-20)15-8-11-18-9-4-3-5-10-18/h3-12,14,17H,13,15-16H2,1-2H3,(H,27,28). The number of thiazole rings is 1. The molecule has 0 bridgehead atoms. The van der Waals surface area contributed by atoms with Gasteiger partial charge in [-0.05, 0) is 31.5 Å². The van der Waals surface area contributed by atoms with Gasteiger partial charge in [0.25, 0.3) is 0 Å². The normalized spacial score (nSPS) is 11.7. The molecule has 0 atom stereocenters. The molecule has 30 heavy (non-hydrogen) atoms. The van der Waals surface area contributed by atoms with Crippen molar-refractivity contribution in [3.8, 4) is 0 Å². The van der Waals surface area contributed by atoms with Crippen LogP contribution in [-0.4, -0.2) is 38.9 Å². The molecule has 7 heteroatoms. The summed E-state index contributed by atoms with van der Waals surface area (Å²) in [6, 6.07) is 16.1. The van der Waals surface area contributed by atoms with Gasteiger partial charge in [0, 0.05) is 31.1 Å². The fraction of sp³-hybridized carbons (Fsp3) is 0.261. The minimum absolute atomic E-state index is 0.740. The summed E-state index contributed by atoms with van der Waals surface area (Å²) in [5.41, 5.74) is 2.14. The first-order chi connectivity index (χ1) is 14.4. The fourth-order valence-corrected chi connectivity index (χ4v) is 4.91. The van der Waals surface area contributed by atoms with Crippen molar-refractivity contribution in [2.45, 2.75) is 29.4 Å². The Morgan fingerprint density at radius 1 is 1.20 bits per heavy atom. The molecule has 0 fully saturated rings. The van der Waals surface area contributed by atoms with E-state index < -0.39 is 10.7 Å². The number of carbonyl (C=O) groups is 1. The van der Waals surface area contributed by atoms with E-state index in [0.29, 0.717) is 0 Å². The van der Waals surface area contributed by atoms with E-state index in [-0.39, 0.29) is 0 Å². The fourth-order valence-electron chi connectivity index (χ4n) is 2.68. The summed E-state index contributed by atoms with van der Waals surface area (Å²) >= 11 is 2.78. The van der Waals surface area contributed by atoms with Gasteiger partial charge >= 0.3 is 5.97 Å². The van der Waals surface area contributed by atoms with Gasteiger partial charge in [0.1, 0.15) is 10.6 Å². The Morgan fingerprint density at radius 2 is 1.97 bits per heavy atom. The summed E-state index contributed by atoms with van der Waals surface area (Å²) in [5, 5.41) is 11.3. The number of nitrogens with zero attached hydrogens (tertiary/aromatic N) is 3. The Morgan fingerprint density at radius 3 is 2.67 bits per heavy atom. The van der Waals surface area contributed by atoms with Gasteiger partial charge in [-0.15, -0.1) is 11.3 Å². The number of benzene rings is 1. The van der Waals surface area contributed by atoms with E-state index in [1.165, 1.54) is 28.7 Å². The number of pyridine rings is 1. The van der Waals surface area contributed by atoms with Gasteiger partial charge in [-0.25, -0.2) is 9.97 Å². The third kappa shape index (κ3) is 6.43. The summed E-state index contributed by atoms with van der Waals surface area (Å²) in [5.74, 6) is 0.0860. The lowest BCUT2D eigenvalue weighted by Crippen LogP contribution is -2.27. The van der Waals surface area contributed by atoms with Crippen LogP contribution in [-0.2, 0) is 11.2 Å². The van der Waals surface area contributed by atoms with Gasteiger partial charge in [0.05, 0.1) is 5.69 Å². The van der Waals surface area contributed by atoms with Crippen LogP contribution in [0.4, 0.5) is 5.82 Å². The molecule has 3 aromatic rings. The van der Waals surface area contributed by atoms with Gasteiger partial charge in [-0.3, -0.25) is 4.79 Å². The highest BCUT2D eigenvalue weighted by Crippen LogP contribution is 2.34. The van der Waals surface area contributed by atoms with Crippen LogP contribution in [0.3, 0.4) is 0 Å². The summed E-state index contributed by atoms with van der Waals surface area (Å²) in [6.07, 6.45) is 6.82. The van der Waals surface area contributed by atoms with E-state index >= 15 is 0 Å². The molecule has 1 aromatic carbocycles. The number of thioether (sulfide) groups is 1. The number of anilines is 1. The Kier molecular flexibility index (Phi) is 7.65. The van der Waals surface area contributed by atoms with E-state index in [2.05, 4.69) is 39.2 Å². The topological polar surface area (TPSA) is 66.3 Å². The first-order valence-corrected chi connectivity index (χ1v) is 11.4. The maximum atomic E-state index is 11.3. The molecule has 0 aliphatic rings. The number of carboxylic acids is 1. The maximum absolute atomic E-state index is 11.3. The average Bonchev–Trinajstić information content (AvgIpc) is 3.18. The van der Waals surface area contributed by atoms with Crippen LogP contribution in [0.1, 0.15) is 25.1 Å². The highest BCUT2D eigenvalue weighted by atomic mass is 32.2. The van der Waals surface area contributed by atoms with Crippen molar-refractivity contribution < 1.29 is 9.90 Å². The van der Waals surface area contributed by atoms with Crippen LogP contribution < -0.4 is 4.90 Å². The number of hydrogen-bond acceptors (Lipinski definition) is 6. The number of aromatic nitrogens is 2. The Bertz CT molecular complexity index is 972. The van der Waals surface area contributed by atoms with Crippen LogP contribution in [0.5, 0.6) is 0 Å². The molecule has 0 aliphatic carbocycles. The summed E-state index contributed by atoms with van der Waals surface area (Å²) < 4.78 is -0.108. The Labute approximate surface area is 185 Å². The molecule has 0 saturated carbocycles. The number of carboxylic acid groups (broad SMARTS) is 1. The molecule has 0 unspecified atom stereocenters. The van der Waals surface area contributed by atoms with Crippen molar-refractivity contribution in [3.05, 3.63) is 77.4 Å². The van der Waals surface area contributed by atoms with Gasteiger partial charge in [0.15, 0.2) is 4.34 Å². The molecule has 1 N–H and O–H groups in total. The van der Waals surface area contributed by atoms with Crippen LogP contribution in [0.2, 0.25) is 0 Å². The molecule has 2 heterocycles. The molecule has 3 rings (SSSR count). The van der Waals surface area contributed by atoms with Crippen LogP contribution in [0.15, 0.2) is 70.5 Å². The third-order valence-electron chi connectivity index (χ3n) is 4.43. The lowest BCUT2D eigenvalue weighted by molar-refractivity contribution is -0.138. The first-order valence-electron chi connectivity index (χ1n) is 9.68. The quantitative estimate of drug-likeness (QED) is 0.435. The molecular formula is C23H25N3O2S2. The predicted octanol–water partition coefficient (Wildman–Crippen LogP) is 5.26. The second kappa shape index (κ2) is 10.4. The summed E-state index contributed by atoms with van der Waals surface area (Å²) in [6.45, 7) is 4.90. The molecule has 5 nitrogen and oxygen atoms in total. The Hall–Kier alpha value is -2.64. The van der Waals surface area contributed by atoms with Crippen LogP contribution >= 0.6 is 23.1 Å². The first kappa shape index (κ1) is 22.1. The number of hydrogen-bond donors (Lipinski definition) is 1. The minimum atomic E-state index is -0.892. The van der Waals surface area contributed by atoms with E-state index in [1.807, 2.05) is 41.8 Å². The highest BCUT2D eigenvalue weighted by molar-refractivity contribution is 8.02. The molecule has 0 amide bonds. The van der Waals surface area contributed by atoms with Gasteiger partial charge in [0.2, 0.25) is 0 Å². The monoisotopic (exact) mass is 439 g/mol. The van der Waals surface area contributed by atoms with Crippen LogP contribution in [0.25, 0.3) is 6.08 Å². The second-order valence-electron chi connectivity index (χ2n) is 7.22. The van der Waals surface area contributed by atoms with Crippen molar-refractivity contribution in [2.24, 2.45) is 0 Å². The van der Waals surface area contributed by atoms with Gasteiger partial charge in [-0.2, -0.15) is 0 Å². The summed E-state index contributed by atoms with van der Waals surface area (Å²) in [4.78, 5) is 22.7. The smallest absolute Gasteiger partial charge is 0.319 e. The van der Waals surface area contributed by atoms with Crippen molar-refractivity contribution in [1.29, 1.82) is 0 Å². The van der Waals surface area contributed by atoms with Crippen LogP contribution in [0, 0.1) is 0 Å². The van der Waals surface area contributed by atoms with Crippen molar-refractivity contribution in [3.63, 3.8) is 0 Å². The number of aliphatic carboxylic acids is 1. The van der Waals surface area contributed by atoms with Gasteiger partial charge < -0.3 is 10.0 Å². The van der Waals surface area contributed by atoms with E-state index in [1.54, 1.807) is 20.0 Å². The third-order valence-corrected chi connectivity index (χ3v) is 6.61. The van der Waals surface area contributed by atoms with E-state index in [4.69, 9.17) is 0 Å². The molecule has 2 aromatic heterocycles. The molecule has 156 valence electrons. The molecule has 0 saturated heterocycles. The van der Waals surface area contributed by atoms with Crippen molar-refractivity contribution in [2.75, 3.05) is 18.0 Å². The molecular weight excluding hydrogens is 414 g/mol. The van der Waals surface area contributed by atoms with E-state index in [0.717, 1.165) is 35.4 Å². The molecule has 0 radical (unpaired) electrons. The zero-order chi connectivity index (χ0) is 21.4. The molecule has 0 spiro atoms. The van der Waals surface area contributed by atoms with Crippen molar-refractivity contribution in [1.82, 2.24) is 9.97 Å².